The maximum absolute atomic E-state index is 12.0. The highest BCUT2D eigenvalue weighted by Gasteiger charge is 2.20. The zero-order valence-electron chi connectivity index (χ0n) is 13.1. The average molecular weight is 330 g/mol. The minimum Gasteiger partial charge on any atom is -0.444 e. The average Bonchev–Trinajstić information content (AvgIpc) is 2.36. The van der Waals surface area contributed by atoms with Crippen molar-refractivity contribution in [3.05, 3.63) is 34.9 Å². The lowest BCUT2D eigenvalue weighted by Crippen LogP contribution is -2.40. The van der Waals surface area contributed by atoms with Crippen LogP contribution in [0.15, 0.2) is 24.3 Å². The Balaban J connectivity index is 2.73. The van der Waals surface area contributed by atoms with Gasteiger partial charge in [-0.2, -0.15) is 0 Å². The van der Waals surface area contributed by atoms with Crippen molar-refractivity contribution in [3.8, 4) is 0 Å². The van der Waals surface area contributed by atoms with Crippen LogP contribution in [0.5, 0.6) is 0 Å². The summed E-state index contributed by atoms with van der Waals surface area (Å²) >= 11 is 5.88. The standard InChI is InChI=1S/C15H24ClN3O3/c1-15(2,3)22-14(21)19-12(8-9-18-13(17)20)10-4-6-11(16)7-5-10/h4-7,12-13,18,20H,8-9,17H2,1-3H3,(H,19,21). The van der Waals surface area contributed by atoms with E-state index in [-0.39, 0.29) is 6.04 Å². The third-order valence-electron chi connectivity index (χ3n) is 2.75. The molecule has 1 amide bonds. The highest BCUT2D eigenvalue weighted by molar-refractivity contribution is 6.30. The minimum atomic E-state index is -1.09. The lowest BCUT2D eigenvalue weighted by atomic mass is 10.0. The number of nitrogens with one attached hydrogen (secondary N) is 2. The van der Waals surface area contributed by atoms with Crippen molar-refractivity contribution in [2.75, 3.05) is 6.54 Å². The first-order valence-corrected chi connectivity index (χ1v) is 7.47. The predicted molar refractivity (Wildman–Crippen MR) is 86.4 cm³/mol. The van der Waals surface area contributed by atoms with Crippen LogP contribution in [-0.2, 0) is 4.74 Å². The molecule has 0 aromatic heterocycles. The van der Waals surface area contributed by atoms with Crippen LogP contribution in [0.3, 0.4) is 0 Å². The number of halogens is 1. The van der Waals surface area contributed by atoms with Crippen LogP contribution in [0.25, 0.3) is 0 Å². The van der Waals surface area contributed by atoms with Gasteiger partial charge < -0.3 is 15.2 Å². The molecule has 1 aromatic carbocycles. The highest BCUT2D eigenvalue weighted by atomic mass is 35.5. The summed E-state index contributed by atoms with van der Waals surface area (Å²) in [6.45, 7) is 5.84. The Hall–Kier alpha value is -1.34. The molecule has 0 spiro atoms. The molecule has 1 rings (SSSR count). The molecular weight excluding hydrogens is 306 g/mol. The van der Waals surface area contributed by atoms with E-state index in [4.69, 9.17) is 27.2 Å². The minimum absolute atomic E-state index is 0.279. The molecular formula is C15H24ClN3O3. The van der Waals surface area contributed by atoms with E-state index >= 15 is 0 Å². The van der Waals surface area contributed by atoms with Crippen molar-refractivity contribution in [1.29, 1.82) is 0 Å². The molecule has 0 aliphatic carbocycles. The molecule has 1 aromatic rings. The molecule has 0 aliphatic rings. The molecule has 0 saturated carbocycles. The van der Waals surface area contributed by atoms with Crippen LogP contribution in [0, 0.1) is 0 Å². The van der Waals surface area contributed by atoms with Crippen LogP contribution in [0.2, 0.25) is 5.02 Å². The summed E-state index contributed by atoms with van der Waals surface area (Å²) in [4.78, 5) is 12.0. The van der Waals surface area contributed by atoms with E-state index in [0.717, 1.165) is 5.56 Å². The number of nitrogens with two attached hydrogens (primary N) is 1. The molecule has 5 N–H and O–H groups in total. The fourth-order valence-corrected chi connectivity index (χ4v) is 1.97. The first-order chi connectivity index (χ1) is 10.2. The Labute approximate surface area is 136 Å². The third kappa shape index (κ3) is 7.61. The zero-order chi connectivity index (χ0) is 16.8. The Kier molecular flexibility index (Phi) is 7.09. The van der Waals surface area contributed by atoms with Crippen LogP contribution < -0.4 is 16.4 Å². The van der Waals surface area contributed by atoms with Crippen molar-refractivity contribution < 1.29 is 14.6 Å². The summed E-state index contributed by atoms with van der Waals surface area (Å²) in [7, 11) is 0. The normalized spacial score (nSPS) is 14.3. The van der Waals surface area contributed by atoms with Crippen LogP contribution in [0.1, 0.15) is 38.8 Å². The number of aliphatic hydroxyl groups excluding tert-OH is 1. The number of amides is 1. The summed E-state index contributed by atoms with van der Waals surface area (Å²) in [6, 6.07) is 6.91. The van der Waals surface area contributed by atoms with E-state index in [1.54, 1.807) is 32.9 Å². The van der Waals surface area contributed by atoms with Crippen LogP contribution >= 0.6 is 11.6 Å². The summed E-state index contributed by atoms with van der Waals surface area (Å²) in [5.41, 5.74) is 5.56. The van der Waals surface area contributed by atoms with Crippen LogP contribution in [0.4, 0.5) is 4.79 Å². The first-order valence-electron chi connectivity index (χ1n) is 7.09. The Morgan fingerprint density at radius 1 is 1.36 bits per heavy atom. The Morgan fingerprint density at radius 3 is 2.45 bits per heavy atom. The zero-order valence-corrected chi connectivity index (χ0v) is 13.9. The topological polar surface area (TPSA) is 96.6 Å². The van der Waals surface area contributed by atoms with Gasteiger partial charge in [-0.15, -0.1) is 0 Å². The largest absolute Gasteiger partial charge is 0.444 e. The van der Waals surface area contributed by atoms with Gasteiger partial charge in [0.2, 0.25) is 0 Å². The lowest BCUT2D eigenvalue weighted by molar-refractivity contribution is 0.0500. The van der Waals surface area contributed by atoms with Gasteiger partial charge in [0, 0.05) is 11.6 Å². The van der Waals surface area contributed by atoms with Crippen molar-refractivity contribution in [3.63, 3.8) is 0 Å². The molecule has 0 saturated heterocycles. The van der Waals surface area contributed by atoms with Gasteiger partial charge in [0.15, 0.2) is 6.35 Å². The molecule has 0 fully saturated rings. The predicted octanol–water partition coefficient (Wildman–Crippen LogP) is 2.12. The molecule has 22 heavy (non-hydrogen) atoms. The van der Waals surface area contributed by atoms with Gasteiger partial charge in [-0.25, -0.2) is 4.79 Å². The third-order valence-corrected chi connectivity index (χ3v) is 3.00. The highest BCUT2D eigenvalue weighted by Crippen LogP contribution is 2.20. The monoisotopic (exact) mass is 329 g/mol. The molecule has 2 unspecified atom stereocenters. The van der Waals surface area contributed by atoms with Gasteiger partial charge in [0.1, 0.15) is 5.60 Å². The summed E-state index contributed by atoms with van der Waals surface area (Å²) in [5.74, 6) is 0. The second-order valence-electron chi connectivity index (χ2n) is 5.94. The molecule has 2 atom stereocenters. The van der Waals surface area contributed by atoms with Crippen LogP contribution in [-0.4, -0.2) is 29.7 Å². The van der Waals surface area contributed by atoms with Crippen molar-refractivity contribution in [2.24, 2.45) is 5.73 Å². The van der Waals surface area contributed by atoms with Gasteiger partial charge in [0.25, 0.3) is 0 Å². The maximum atomic E-state index is 12.0. The smallest absolute Gasteiger partial charge is 0.408 e. The molecule has 7 heteroatoms. The van der Waals surface area contributed by atoms with Gasteiger partial charge in [-0.3, -0.25) is 11.1 Å². The molecule has 0 radical (unpaired) electrons. The maximum Gasteiger partial charge on any atom is 0.408 e. The number of carbonyl (C=O) groups excluding carboxylic acids is 1. The van der Waals surface area contributed by atoms with Gasteiger partial charge >= 0.3 is 6.09 Å². The number of hydrogen-bond donors (Lipinski definition) is 4. The van der Waals surface area contributed by atoms with Gasteiger partial charge in [0.05, 0.1) is 6.04 Å². The van der Waals surface area contributed by atoms with E-state index in [1.807, 2.05) is 12.1 Å². The Bertz CT molecular complexity index is 472. The SMILES string of the molecule is CC(C)(C)OC(=O)NC(CCNC(N)O)c1ccc(Cl)cc1. The summed E-state index contributed by atoms with van der Waals surface area (Å²) in [5, 5.41) is 15.2. The summed E-state index contributed by atoms with van der Waals surface area (Å²) in [6.07, 6.45) is -1.05. The van der Waals surface area contributed by atoms with E-state index in [9.17, 15) is 4.79 Å². The van der Waals surface area contributed by atoms with Crippen molar-refractivity contribution in [1.82, 2.24) is 10.6 Å². The second kappa shape index (κ2) is 8.33. The molecule has 124 valence electrons. The van der Waals surface area contributed by atoms with E-state index < -0.39 is 18.0 Å². The first kappa shape index (κ1) is 18.7. The van der Waals surface area contributed by atoms with E-state index in [2.05, 4.69) is 10.6 Å². The Morgan fingerprint density at radius 2 is 1.95 bits per heavy atom. The molecule has 0 bridgehead atoms. The van der Waals surface area contributed by atoms with E-state index in [0.29, 0.717) is 18.0 Å². The van der Waals surface area contributed by atoms with Gasteiger partial charge in [-0.1, -0.05) is 23.7 Å². The quantitative estimate of drug-likeness (QED) is 0.599. The summed E-state index contributed by atoms with van der Waals surface area (Å²) < 4.78 is 5.27. The number of carbonyl (C=O) groups is 1. The van der Waals surface area contributed by atoms with Crippen molar-refractivity contribution in [2.45, 2.75) is 45.2 Å². The fraction of sp³-hybridized carbons (Fsp3) is 0.533. The number of benzene rings is 1. The number of aliphatic hydroxyl groups is 1. The fourth-order valence-electron chi connectivity index (χ4n) is 1.84. The van der Waals surface area contributed by atoms with Gasteiger partial charge in [-0.05, 0) is 44.9 Å². The number of hydrogen-bond acceptors (Lipinski definition) is 5. The number of rotatable bonds is 6. The molecule has 0 heterocycles. The lowest BCUT2D eigenvalue weighted by Gasteiger charge is -2.24. The van der Waals surface area contributed by atoms with E-state index in [1.165, 1.54) is 0 Å². The van der Waals surface area contributed by atoms with Crippen molar-refractivity contribution >= 4 is 17.7 Å². The number of alkyl carbamates (subject to hydrolysis) is 1. The second-order valence-corrected chi connectivity index (χ2v) is 6.37. The number of ether oxygens (including phenoxy) is 1. The molecule has 6 nitrogen and oxygen atoms in total. The molecule has 0 aliphatic heterocycles.